The van der Waals surface area contributed by atoms with Gasteiger partial charge in [-0.25, -0.2) is 55.1 Å². The van der Waals surface area contributed by atoms with Gasteiger partial charge in [0.15, 0.2) is 23.3 Å². The van der Waals surface area contributed by atoms with Gasteiger partial charge in [0.25, 0.3) is 0 Å². The Hall–Kier alpha value is -6.72. The van der Waals surface area contributed by atoms with E-state index in [1.807, 2.05) is 20.8 Å². The molecular formula is C59H88ClF6N9O9. The Morgan fingerprint density at radius 2 is 0.833 bits per heavy atom. The molecule has 84 heavy (non-hydrogen) atoms. The fourth-order valence-corrected chi connectivity index (χ4v) is 7.16. The first-order valence-electron chi connectivity index (χ1n) is 27.6. The van der Waals surface area contributed by atoms with Gasteiger partial charge in [-0.2, -0.15) is 15.3 Å². The molecule has 4 amide bonds. The second kappa shape index (κ2) is 32.5. The number of aryl methyl sites for hydroxylation is 2. The van der Waals surface area contributed by atoms with Gasteiger partial charge in [0.1, 0.15) is 41.7 Å². The number of hydrogen-bond donors (Lipinski definition) is 0. The van der Waals surface area contributed by atoms with E-state index in [9.17, 15) is 45.5 Å². The van der Waals surface area contributed by atoms with E-state index in [2.05, 4.69) is 56.8 Å². The highest BCUT2D eigenvalue weighted by Crippen LogP contribution is 2.24. The number of nitrogens with zero attached hydrogens (tertiary/aromatic N) is 9. The molecule has 0 aliphatic carbocycles. The first-order valence-corrected chi connectivity index (χ1v) is 27.6. The zero-order chi connectivity index (χ0) is 62.9. The summed E-state index contributed by atoms with van der Waals surface area (Å²) >= 11 is 0. The summed E-state index contributed by atoms with van der Waals surface area (Å²) in [5.74, 6) is -4.54. The number of carbonyl (C=O) groups is 4. The standard InChI is InChI=1S/2C22H30F3N3O3.C15H27N3O3.ClH/c2*1-14(2)7-8-28-20(30-13-15-9-18(24)19(25)11-17(15)23)10-16(26-28)12-27(6)21(29)31-22(3,4)5;1-11(2)7-8-18-13(19)9-12(16-18)10-17(6)14(20)21-15(3,4)5;/h2*9-11,14H,7-8,12-13H2,1-6H3;11H,7-10H2,1-6H3;1H. The number of carbonyl (C=O) groups excluding carboxylic acids is 4. The maximum absolute atomic E-state index is 13.9. The Kier molecular flexibility index (Phi) is 28.4. The Bertz CT molecular complexity index is 2680. The number of amides is 4. The van der Waals surface area contributed by atoms with Gasteiger partial charge >= 0.3 is 18.3 Å². The first kappa shape index (κ1) is 73.4. The average molecular weight is 1220 g/mol. The number of benzene rings is 2. The molecule has 0 fully saturated rings. The smallest absolute Gasteiger partial charge is 0.410 e. The largest absolute Gasteiger partial charge is 0.473 e. The Morgan fingerprint density at radius 3 is 1.17 bits per heavy atom. The summed E-state index contributed by atoms with van der Waals surface area (Å²) in [6, 6.07) is 5.81. The zero-order valence-corrected chi connectivity index (χ0v) is 52.9. The van der Waals surface area contributed by atoms with Crippen molar-refractivity contribution in [3.63, 3.8) is 0 Å². The van der Waals surface area contributed by atoms with Gasteiger partial charge in [0.05, 0.1) is 43.2 Å². The second-order valence-electron chi connectivity index (χ2n) is 24.6. The van der Waals surface area contributed by atoms with Crippen molar-refractivity contribution in [3.8, 4) is 11.8 Å². The predicted octanol–water partition coefficient (Wildman–Crippen LogP) is 13.5. The number of rotatable bonds is 21. The van der Waals surface area contributed by atoms with Gasteiger partial charge < -0.3 is 38.4 Å². The number of hydrazone groups is 1. The number of aromatic nitrogens is 4. The fraction of sp³-hybridized carbons (Fsp3) is 0.610. The first-order chi connectivity index (χ1) is 38.3. The Morgan fingerprint density at radius 1 is 0.512 bits per heavy atom. The van der Waals surface area contributed by atoms with Gasteiger partial charge in [0.2, 0.25) is 17.7 Å². The molecule has 25 heteroatoms. The van der Waals surface area contributed by atoms with Gasteiger partial charge in [-0.15, -0.1) is 12.4 Å². The molecule has 0 bridgehead atoms. The van der Waals surface area contributed by atoms with Crippen LogP contribution in [0.1, 0.15) is 152 Å². The van der Waals surface area contributed by atoms with Crippen molar-refractivity contribution in [2.75, 3.05) is 34.2 Å². The summed E-state index contributed by atoms with van der Waals surface area (Å²) in [5.41, 5.74) is -0.170. The van der Waals surface area contributed by atoms with Crippen LogP contribution < -0.4 is 9.47 Å². The maximum atomic E-state index is 13.9. The molecular weight excluding hydrogens is 1130 g/mol. The molecule has 0 N–H and O–H groups in total. The molecule has 2 aromatic heterocycles. The molecule has 0 radical (unpaired) electrons. The van der Waals surface area contributed by atoms with Crippen LogP contribution in [-0.4, -0.2) is 120 Å². The summed E-state index contributed by atoms with van der Waals surface area (Å²) < 4.78 is 112. The molecule has 1 aliphatic rings. The molecule has 0 saturated heterocycles. The SMILES string of the molecule is CC(C)CCN1N=C(CN(C)C(=O)OC(C)(C)C)CC1=O.CC(C)CCn1nc(CN(C)C(=O)OC(C)(C)C)cc1OCc1cc(F)c(F)cc1F.CC(C)CCn1nc(CN(C)C(=O)OC(C)(C)C)cc1OCc1cc(F)c(F)cc1F.Cl. The quantitative estimate of drug-likeness (QED) is 0.0441. The molecule has 4 aromatic rings. The lowest BCUT2D eigenvalue weighted by atomic mass is 10.1. The van der Waals surface area contributed by atoms with Crippen LogP contribution in [0.4, 0.5) is 40.7 Å². The normalized spacial score (nSPS) is 12.5. The fourth-order valence-electron chi connectivity index (χ4n) is 7.16. The highest BCUT2D eigenvalue weighted by molar-refractivity contribution is 6.06. The summed E-state index contributed by atoms with van der Waals surface area (Å²) in [5, 5.41) is 14.8. The number of hydrogen-bond acceptors (Lipinski definition) is 12. The van der Waals surface area contributed by atoms with Crippen molar-refractivity contribution in [3.05, 3.63) is 93.8 Å². The van der Waals surface area contributed by atoms with E-state index < -0.39 is 70.0 Å². The molecule has 3 heterocycles. The molecule has 472 valence electrons. The molecule has 5 rings (SSSR count). The molecule has 0 unspecified atom stereocenters. The molecule has 0 atom stereocenters. The molecule has 0 saturated carbocycles. The topological polar surface area (TPSA) is 175 Å². The van der Waals surface area contributed by atoms with Crippen molar-refractivity contribution in [1.82, 2.24) is 39.3 Å². The van der Waals surface area contributed by atoms with E-state index in [-0.39, 0.29) is 62.2 Å². The molecule has 0 spiro atoms. The van der Waals surface area contributed by atoms with E-state index in [4.69, 9.17) is 23.7 Å². The molecule has 1 aliphatic heterocycles. The molecule has 18 nitrogen and oxygen atoms in total. The summed E-state index contributed by atoms with van der Waals surface area (Å²) in [6.45, 7) is 30.5. The lowest BCUT2D eigenvalue weighted by Gasteiger charge is -2.24. The lowest BCUT2D eigenvalue weighted by Crippen LogP contribution is -2.37. The van der Waals surface area contributed by atoms with E-state index in [0.29, 0.717) is 84.9 Å². The van der Waals surface area contributed by atoms with Crippen molar-refractivity contribution >= 4 is 42.3 Å². The van der Waals surface area contributed by atoms with E-state index >= 15 is 0 Å². The van der Waals surface area contributed by atoms with Crippen molar-refractivity contribution in [1.29, 1.82) is 0 Å². The van der Waals surface area contributed by atoms with Gasteiger partial charge in [-0.05, 0) is 111 Å². The van der Waals surface area contributed by atoms with Gasteiger partial charge in [-0.1, -0.05) is 41.5 Å². The average Bonchev–Trinajstić information content (AvgIpc) is 4.14. The zero-order valence-electron chi connectivity index (χ0n) is 52.1. The second-order valence-corrected chi connectivity index (χ2v) is 24.6. The predicted molar refractivity (Wildman–Crippen MR) is 309 cm³/mol. The third kappa shape index (κ3) is 26.5. The highest BCUT2D eigenvalue weighted by Gasteiger charge is 2.28. The van der Waals surface area contributed by atoms with Crippen LogP contribution in [0.25, 0.3) is 0 Å². The Balaban J connectivity index is 0.000000437. The van der Waals surface area contributed by atoms with E-state index in [1.165, 1.54) is 19.7 Å². The summed E-state index contributed by atoms with van der Waals surface area (Å²) in [6.07, 6.45) is 1.46. The molecule has 2 aromatic carbocycles. The number of ether oxygens (including phenoxy) is 5. The van der Waals surface area contributed by atoms with Gasteiger partial charge in [-0.3, -0.25) is 4.79 Å². The van der Waals surface area contributed by atoms with Gasteiger partial charge in [0, 0.05) is 76.2 Å². The van der Waals surface area contributed by atoms with Crippen LogP contribution in [0.2, 0.25) is 0 Å². The third-order valence-corrected chi connectivity index (χ3v) is 11.5. The van der Waals surface area contributed by atoms with Crippen LogP contribution in [-0.2, 0) is 58.4 Å². The monoisotopic (exact) mass is 1220 g/mol. The summed E-state index contributed by atoms with van der Waals surface area (Å²) in [7, 11) is 4.84. The highest BCUT2D eigenvalue weighted by atomic mass is 35.5. The van der Waals surface area contributed by atoms with Crippen LogP contribution in [0.5, 0.6) is 11.8 Å². The van der Waals surface area contributed by atoms with Crippen LogP contribution in [0.15, 0.2) is 41.5 Å². The van der Waals surface area contributed by atoms with Crippen molar-refractivity contribution in [2.45, 2.75) is 186 Å². The van der Waals surface area contributed by atoms with E-state index in [1.54, 1.807) is 84.2 Å². The van der Waals surface area contributed by atoms with Crippen LogP contribution >= 0.6 is 12.4 Å². The van der Waals surface area contributed by atoms with Crippen LogP contribution in [0.3, 0.4) is 0 Å². The minimum absolute atomic E-state index is 0. The maximum Gasteiger partial charge on any atom is 0.410 e. The van der Waals surface area contributed by atoms with E-state index in [0.717, 1.165) is 31.4 Å². The van der Waals surface area contributed by atoms with Crippen molar-refractivity contribution in [2.24, 2.45) is 22.9 Å². The Labute approximate surface area is 497 Å². The number of halogens is 7. The lowest BCUT2D eigenvalue weighted by molar-refractivity contribution is -0.128. The summed E-state index contributed by atoms with van der Waals surface area (Å²) in [4.78, 5) is 52.4. The minimum atomic E-state index is -1.25. The van der Waals surface area contributed by atoms with Crippen molar-refractivity contribution < 1.29 is 69.2 Å². The minimum Gasteiger partial charge on any atom is -0.473 e. The van der Waals surface area contributed by atoms with Crippen LogP contribution in [0, 0.1) is 52.7 Å². The third-order valence-electron chi connectivity index (χ3n) is 11.5.